The Hall–Kier alpha value is -2.37. The van der Waals surface area contributed by atoms with E-state index in [-0.39, 0.29) is 12.1 Å². The molecule has 6 nitrogen and oxygen atoms in total. The van der Waals surface area contributed by atoms with Gasteiger partial charge < -0.3 is 15.4 Å². The maximum absolute atomic E-state index is 11.1. The molecule has 2 aromatic rings. The molecule has 0 aliphatic carbocycles. The van der Waals surface area contributed by atoms with Crippen LogP contribution in [0.15, 0.2) is 18.2 Å². The summed E-state index contributed by atoms with van der Waals surface area (Å²) in [6.07, 6.45) is 1.60. The number of imidazole rings is 1. The van der Waals surface area contributed by atoms with E-state index >= 15 is 0 Å². The van der Waals surface area contributed by atoms with Gasteiger partial charge in [0, 0.05) is 6.42 Å². The molecule has 0 atom stereocenters. The highest BCUT2D eigenvalue weighted by Crippen LogP contribution is 2.19. The van der Waals surface area contributed by atoms with Gasteiger partial charge in [0.05, 0.1) is 16.6 Å². The highest BCUT2D eigenvalue weighted by atomic mass is 16.4. The summed E-state index contributed by atoms with van der Waals surface area (Å²) in [5.74, 6) is -0.693. The molecule has 3 N–H and O–H groups in total. The number of benzene rings is 1. The van der Waals surface area contributed by atoms with Gasteiger partial charge in [-0.3, -0.25) is 4.79 Å². The van der Waals surface area contributed by atoms with E-state index in [0.29, 0.717) is 11.9 Å². The number of aryl methyl sites for hydroxylation is 1. The van der Waals surface area contributed by atoms with Crippen LogP contribution in [0.1, 0.15) is 29.5 Å². The minimum absolute atomic E-state index is 0.0538. The summed E-state index contributed by atoms with van der Waals surface area (Å²) in [5, 5.41) is 8.96. The highest BCUT2D eigenvalue weighted by molar-refractivity contribution is 5.92. The number of hydrogen-bond acceptors (Lipinski definition) is 3. The SMILES string of the molecule is CCCc1nc2cc(C(=O)O)ccc2n1CC(N)=O. The summed E-state index contributed by atoms with van der Waals surface area (Å²) >= 11 is 0. The Morgan fingerprint density at radius 2 is 2.16 bits per heavy atom. The minimum atomic E-state index is -0.997. The van der Waals surface area contributed by atoms with Gasteiger partial charge in [0.15, 0.2) is 0 Å². The molecule has 2 rings (SSSR count). The molecule has 0 saturated heterocycles. The fraction of sp³-hybridized carbons (Fsp3) is 0.308. The van der Waals surface area contributed by atoms with Crippen molar-refractivity contribution < 1.29 is 14.7 Å². The molecule has 0 fully saturated rings. The van der Waals surface area contributed by atoms with E-state index in [0.717, 1.165) is 17.8 Å². The van der Waals surface area contributed by atoms with Crippen LogP contribution in [0.2, 0.25) is 0 Å². The minimum Gasteiger partial charge on any atom is -0.478 e. The van der Waals surface area contributed by atoms with Crippen LogP contribution in [0, 0.1) is 0 Å². The number of rotatable bonds is 5. The predicted molar refractivity (Wildman–Crippen MR) is 69.9 cm³/mol. The van der Waals surface area contributed by atoms with Crippen LogP contribution in [0.25, 0.3) is 11.0 Å². The monoisotopic (exact) mass is 261 g/mol. The number of aromatic nitrogens is 2. The molecule has 0 aliphatic heterocycles. The molecular formula is C13H15N3O3. The second-order valence-electron chi connectivity index (χ2n) is 4.34. The molecule has 6 heteroatoms. The average Bonchev–Trinajstić information content (AvgIpc) is 2.66. The van der Waals surface area contributed by atoms with Gasteiger partial charge in [-0.15, -0.1) is 0 Å². The van der Waals surface area contributed by atoms with Crippen molar-refractivity contribution in [2.24, 2.45) is 5.73 Å². The van der Waals surface area contributed by atoms with Crippen molar-refractivity contribution >= 4 is 22.9 Å². The third kappa shape index (κ3) is 2.57. The molecule has 0 radical (unpaired) electrons. The molecule has 1 aromatic carbocycles. The summed E-state index contributed by atoms with van der Waals surface area (Å²) in [7, 11) is 0. The first-order valence-corrected chi connectivity index (χ1v) is 6.03. The third-order valence-corrected chi connectivity index (χ3v) is 2.86. The van der Waals surface area contributed by atoms with Gasteiger partial charge in [-0.05, 0) is 24.6 Å². The Bertz CT molecular complexity index is 646. The van der Waals surface area contributed by atoms with Gasteiger partial charge in [0.2, 0.25) is 5.91 Å². The van der Waals surface area contributed by atoms with E-state index in [4.69, 9.17) is 10.8 Å². The number of carbonyl (C=O) groups excluding carboxylic acids is 1. The van der Waals surface area contributed by atoms with E-state index in [1.807, 2.05) is 6.92 Å². The Labute approximate surface area is 109 Å². The van der Waals surface area contributed by atoms with Crippen LogP contribution in [-0.2, 0) is 17.8 Å². The van der Waals surface area contributed by atoms with Gasteiger partial charge in [0.25, 0.3) is 0 Å². The molecule has 0 spiro atoms. The smallest absolute Gasteiger partial charge is 0.335 e. The Morgan fingerprint density at radius 3 is 2.74 bits per heavy atom. The molecule has 1 heterocycles. The maximum atomic E-state index is 11.1. The lowest BCUT2D eigenvalue weighted by atomic mass is 10.2. The van der Waals surface area contributed by atoms with Crippen LogP contribution in [0.3, 0.4) is 0 Å². The first kappa shape index (κ1) is 13.1. The second-order valence-corrected chi connectivity index (χ2v) is 4.34. The number of nitrogens with two attached hydrogens (primary N) is 1. The lowest BCUT2D eigenvalue weighted by Gasteiger charge is -2.05. The van der Waals surface area contributed by atoms with E-state index in [1.165, 1.54) is 12.1 Å². The van der Waals surface area contributed by atoms with E-state index in [2.05, 4.69) is 4.98 Å². The summed E-state index contributed by atoms with van der Waals surface area (Å²) in [4.78, 5) is 26.4. The molecule has 0 aliphatic rings. The quantitative estimate of drug-likeness (QED) is 0.844. The standard InChI is InChI=1S/C13H15N3O3/c1-2-3-12-15-9-6-8(13(18)19)4-5-10(9)16(12)7-11(14)17/h4-6H,2-3,7H2,1H3,(H2,14,17)(H,18,19). The first-order chi connectivity index (χ1) is 9.02. The van der Waals surface area contributed by atoms with E-state index < -0.39 is 11.9 Å². The van der Waals surface area contributed by atoms with E-state index in [1.54, 1.807) is 10.6 Å². The number of aromatic carboxylic acids is 1. The zero-order valence-corrected chi connectivity index (χ0v) is 10.6. The van der Waals surface area contributed by atoms with Gasteiger partial charge in [0.1, 0.15) is 12.4 Å². The largest absolute Gasteiger partial charge is 0.478 e. The zero-order valence-electron chi connectivity index (χ0n) is 10.6. The predicted octanol–water partition coefficient (Wildman–Crippen LogP) is 1.17. The normalized spacial score (nSPS) is 10.8. The summed E-state index contributed by atoms with van der Waals surface area (Å²) in [6, 6.07) is 4.67. The van der Waals surface area contributed by atoms with E-state index in [9.17, 15) is 9.59 Å². The Kier molecular flexibility index (Phi) is 3.50. The second kappa shape index (κ2) is 5.09. The van der Waals surface area contributed by atoms with Gasteiger partial charge >= 0.3 is 5.97 Å². The molecule has 19 heavy (non-hydrogen) atoms. The van der Waals surface area contributed by atoms with Crippen LogP contribution in [-0.4, -0.2) is 26.5 Å². The van der Waals surface area contributed by atoms with Crippen molar-refractivity contribution in [1.29, 1.82) is 0 Å². The first-order valence-electron chi connectivity index (χ1n) is 6.03. The summed E-state index contributed by atoms with van der Waals surface area (Å²) < 4.78 is 1.74. The Morgan fingerprint density at radius 1 is 1.42 bits per heavy atom. The van der Waals surface area contributed by atoms with Gasteiger partial charge in [-0.25, -0.2) is 9.78 Å². The third-order valence-electron chi connectivity index (χ3n) is 2.86. The molecule has 0 saturated carbocycles. The van der Waals surface area contributed by atoms with Crippen molar-refractivity contribution in [3.05, 3.63) is 29.6 Å². The van der Waals surface area contributed by atoms with Gasteiger partial charge in [-0.1, -0.05) is 6.92 Å². The van der Waals surface area contributed by atoms with Crippen molar-refractivity contribution in [1.82, 2.24) is 9.55 Å². The van der Waals surface area contributed by atoms with Crippen molar-refractivity contribution in [3.8, 4) is 0 Å². The molecule has 1 aromatic heterocycles. The number of hydrogen-bond donors (Lipinski definition) is 2. The fourth-order valence-corrected chi connectivity index (χ4v) is 2.06. The van der Waals surface area contributed by atoms with Crippen molar-refractivity contribution in [3.63, 3.8) is 0 Å². The van der Waals surface area contributed by atoms with Gasteiger partial charge in [-0.2, -0.15) is 0 Å². The molecule has 0 unspecified atom stereocenters. The van der Waals surface area contributed by atoms with Crippen molar-refractivity contribution in [2.75, 3.05) is 0 Å². The number of carbonyl (C=O) groups is 2. The van der Waals surface area contributed by atoms with Crippen LogP contribution in [0.5, 0.6) is 0 Å². The van der Waals surface area contributed by atoms with Crippen LogP contribution >= 0.6 is 0 Å². The molecule has 0 bridgehead atoms. The molecule has 100 valence electrons. The number of primary amides is 1. The average molecular weight is 261 g/mol. The lowest BCUT2D eigenvalue weighted by molar-refractivity contribution is -0.118. The van der Waals surface area contributed by atoms with Crippen molar-refractivity contribution in [2.45, 2.75) is 26.3 Å². The number of carboxylic acids is 1. The molecule has 1 amide bonds. The summed E-state index contributed by atoms with van der Waals surface area (Å²) in [6.45, 7) is 2.06. The number of nitrogens with zero attached hydrogens (tertiary/aromatic N) is 2. The highest BCUT2D eigenvalue weighted by Gasteiger charge is 2.13. The zero-order chi connectivity index (χ0) is 14.0. The number of amides is 1. The molecular weight excluding hydrogens is 246 g/mol. The number of fused-ring (bicyclic) bond motifs is 1. The van der Waals surface area contributed by atoms with Crippen LogP contribution < -0.4 is 5.73 Å². The van der Waals surface area contributed by atoms with Crippen LogP contribution in [0.4, 0.5) is 0 Å². The summed E-state index contributed by atoms with van der Waals surface area (Å²) in [5.41, 5.74) is 6.72. The maximum Gasteiger partial charge on any atom is 0.335 e. The number of carboxylic acid groups (broad SMARTS) is 1. The topological polar surface area (TPSA) is 98.2 Å². The lowest BCUT2D eigenvalue weighted by Crippen LogP contribution is -2.20. The Balaban J connectivity index is 2.58. The fourth-order valence-electron chi connectivity index (χ4n) is 2.06.